The van der Waals surface area contributed by atoms with E-state index in [1.807, 2.05) is 36.6 Å². The van der Waals surface area contributed by atoms with Gasteiger partial charge in [0.05, 0.1) is 13.3 Å². The maximum absolute atomic E-state index is 11.8. The molecule has 1 aromatic carbocycles. The number of hydrogen-bond acceptors (Lipinski definition) is 5. The highest BCUT2D eigenvalue weighted by Gasteiger charge is 2.08. The third-order valence-electron chi connectivity index (χ3n) is 2.86. The Morgan fingerprint density at radius 2 is 1.96 bits per heavy atom. The van der Waals surface area contributed by atoms with Gasteiger partial charge in [-0.1, -0.05) is 42.1 Å². The van der Waals surface area contributed by atoms with Crippen LogP contribution in [0.5, 0.6) is 0 Å². The molecule has 0 aliphatic rings. The van der Waals surface area contributed by atoms with E-state index in [1.165, 1.54) is 18.9 Å². The second kappa shape index (κ2) is 10.6. The summed E-state index contributed by atoms with van der Waals surface area (Å²) in [5, 5.41) is 6.32. The van der Waals surface area contributed by atoms with E-state index >= 15 is 0 Å². The van der Waals surface area contributed by atoms with Gasteiger partial charge in [0.2, 0.25) is 5.91 Å². The fraction of sp³-hybridized carbons (Fsp3) is 0.375. The first-order valence-electron chi connectivity index (χ1n) is 7.12. The maximum atomic E-state index is 11.8. The highest BCUT2D eigenvalue weighted by Crippen LogP contribution is 2.07. The molecule has 23 heavy (non-hydrogen) atoms. The first kappa shape index (κ1) is 18.9. The number of amides is 1. The van der Waals surface area contributed by atoms with E-state index in [-0.39, 0.29) is 24.7 Å². The molecule has 0 saturated carbocycles. The zero-order valence-corrected chi connectivity index (χ0v) is 14.4. The summed E-state index contributed by atoms with van der Waals surface area (Å²) in [5.41, 5.74) is 0.962. The van der Waals surface area contributed by atoms with Crippen molar-refractivity contribution in [2.45, 2.75) is 19.3 Å². The van der Waals surface area contributed by atoms with Crippen LogP contribution in [0.2, 0.25) is 0 Å². The predicted octanol–water partition coefficient (Wildman–Crippen LogP) is 2.54. The number of aliphatic imine (C=N–C) groups is 1. The van der Waals surface area contributed by atoms with Crippen molar-refractivity contribution < 1.29 is 14.3 Å². The van der Waals surface area contributed by atoms with Crippen LogP contribution in [0.25, 0.3) is 0 Å². The van der Waals surface area contributed by atoms with Crippen molar-refractivity contribution in [2.24, 2.45) is 10.1 Å². The average Bonchev–Trinajstić information content (AvgIpc) is 2.58. The molecule has 0 radical (unpaired) electrons. The Morgan fingerprint density at radius 1 is 1.26 bits per heavy atom. The Bertz CT molecular complexity index is 573. The normalized spacial score (nSPS) is 11.5. The fourth-order valence-electron chi connectivity index (χ4n) is 1.64. The number of carbonyl (C=O) groups is 2. The van der Waals surface area contributed by atoms with Crippen molar-refractivity contribution in [3.05, 3.63) is 35.9 Å². The van der Waals surface area contributed by atoms with Gasteiger partial charge in [-0.15, -0.1) is 0 Å². The second-order valence-corrected chi connectivity index (χ2v) is 5.37. The number of hydrazone groups is 1. The molecule has 0 aromatic heterocycles. The summed E-state index contributed by atoms with van der Waals surface area (Å²) >= 11 is 1.34. The van der Waals surface area contributed by atoms with Crippen LogP contribution in [0, 0.1) is 0 Å². The molecule has 6 nitrogen and oxygen atoms in total. The molecule has 0 aliphatic heterocycles. The van der Waals surface area contributed by atoms with Crippen LogP contribution in [-0.2, 0) is 14.3 Å². The van der Waals surface area contributed by atoms with Gasteiger partial charge in [-0.05, 0) is 18.2 Å². The van der Waals surface area contributed by atoms with Gasteiger partial charge in [0.25, 0.3) is 0 Å². The van der Waals surface area contributed by atoms with Gasteiger partial charge in [0, 0.05) is 19.9 Å². The van der Waals surface area contributed by atoms with Crippen LogP contribution in [-0.4, -0.2) is 48.7 Å². The molecule has 0 spiro atoms. The third-order valence-corrected chi connectivity index (χ3v) is 3.58. The van der Waals surface area contributed by atoms with E-state index in [0.29, 0.717) is 11.6 Å². The molecular formula is C16H21N3O3S. The lowest BCUT2D eigenvalue weighted by molar-refractivity contribution is -0.140. The van der Waals surface area contributed by atoms with Crippen LogP contribution in [0.1, 0.15) is 24.8 Å². The fourth-order valence-corrected chi connectivity index (χ4v) is 2.14. The van der Waals surface area contributed by atoms with E-state index in [1.54, 1.807) is 18.3 Å². The van der Waals surface area contributed by atoms with Crippen molar-refractivity contribution in [1.29, 1.82) is 0 Å². The lowest BCUT2D eigenvalue weighted by Gasteiger charge is -2.13. The number of carbonyl (C=O) groups excluding carboxylic acids is 2. The smallest absolute Gasteiger partial charge is 0.305 e. The number of methoxy groups -OCH3 is 1. The van der Waals surface area contributed by atoms with Crippen LogP contribution >= 0.6 is 11.8 Å². The van der Waals surface area contributed by atoms with Crippen LogP contribution < -0.4 is 0 Å². The number of rotatable bonds is 6. The Morgan fingerprint density at radius 3 is 2.57 bits per heavy atom. The van der Waals surface area contributed by atoms with Crippen molar-refractivity contribution in [3.63, 3.8) is 0 Å². The van der Waals surface area contributed by atoms with Gasteiger partial charge in [-0.2, -0.15) is 10.1 Å². The minimum Gasteiger partial charge on any atom is -0.469 e. The molecule has 0 heterocycles. The number of thioether (sulfide) groups is 1. The van der Waals surface area contributed by atoms with E-state index < -0.39 is 0 Å². The van der Waals surface area contributed by atoms with E-state index in [0.717, 1.165) is 5.56 Å². The standard InChI is InChI=1S/C16H21N3O3S/c1-19(17-12-13-8-5-4-6-9-13)16(23-3)18-14(20)10-7-11-15(21)22-2/h4-6,8-9,12H,7,10-11H2,1-3H3/b17-12+,18-16?. The molecule has 1 amide bonds. The molecule has 1 aromatic rings. The molecule has 0 unspecified atom stereocenters. The van der Waals surface area contributed by atoms with E-state index in [4.69, 9.17) is 0 Å². The third kappa shape index (κ3) is 7.60. The summed E-state index contributed by atoms with van der Waals surface area (Å²) in [5.74, 6) is -0.600. The largest absolute Gasteiger partial charge is 0.469 e. The SMILES string of the molecule is COC(=O)CCCC(=O)N=C(SC)N(C)/N=C/c1ccccc1. The van der Waals surface area contributed by atoms with Gasteiger partial charge in [-0.3, -0.25) is 9.59 Å². The summed E-state index contributed by atoms with van der Waals surface area (Å²) in [6.07, 6.45) is 4.37. The van der Waals surface area contributed by atoms with Gasteiger partial charge < -0.3 is 4.74 Å². The Balaban J connectivity index is 2.57. The molecule has 0 bridgehead atoms. The highest BCUT2D eigenvalue weighted by molar-refractivity contribution is 8.13. The van der Waals surface area contributed by atoms with Crippen molar-refractivity contribution in [2.75, 3.05) is 20.4 Å². The number of amidine groups is 1. The summed E-state index contributed by atoms with van der Waals surface area (Å²) < 4.78 is 4.53. The lowest BCUT2D eigenvalue weighted by atomic mass is 10.2. The number of hydrogen-bond donors (Lipinski definition) is 0. The Labute approximate surface area is 140 Å². The highest BCUT2D eigenvalue weighted by atomic mass is 32.2. The number of nitrogens with zero attached hydrogens (tertiary/aromatic N) is 3. The zero-order valence-electron chi connectivity index (χ0n) is 13.6. The van der Waals surface area contributed by atoms with E-state index in [2.05, 4.69) is 14.8 Å². The van der Waals surface area contributed by atoms with Crippen molar-refractivity contribution in [3.8, 4) is 0 Å². The maximum Gasteiger partial charge on any atom is 0.305 e. The second-order valence-electron chi connectivity index (χ2n) is 4.60. The Kier molecular flexibility index (Phi) is 8.67. The summed E-state index contributed by atoms with van der Waals surface area (Å²) in [4.78, 5) is 26.9. The molecule has 0 fully saturated rings. The van der Waals surface area contributed by atoms with Gasteiger partial charge >= 0.3 is 5.97 Å². The first-order valence-corrected chi connectivity index (χ1v) is 8.34. The first-order chi connectivity index (χ1) is 11.1. The lowest BCUT2D eigenvalue weighted by Crippen LogP contribution is -2.19. The van der Waals surface area contributed by atoms with Crippen LogP contribution in [0.4, 0.5) is 0 Å². The van der Waals surface area contributed by atoms with Crippen molar-refractivity contribution >= 4 is 35.0 Å². The monoisotopic (exact) mass is 335 g/mol. The molecular weight excluding hydrogens is 314 g/mol. The Hall–Kier alpha value is -2.15. The summed E-state index contributed by atoms with van der Waals surface area (Å²) in [7, 11) is 3.06. The molecule has 1 rings (SSSR count). The van der Waals surface area contributed by atoms with Gasteiger partial charge in [0.15, 0.2) is 5.17 Å². The van der Waals surface area contributed by atoms with E-state index in [9.17, 15) is 9.59 Å². The number of esters is 1. The molecule has 7 heteroatoms. The van der Waals surface area contributed by atoms with Crippen molar-refractivity contribution in [1.82, 2.24) is 5.01 Å². The number of benzene rings is 1. The van der Waals surface area contributed by atoms with Gasteiger partial charge in [0.1, 0.15) is 0 Å². The van der Waals surface area contributed by atoms with Crippen LogP contribution in [0.3, 0.4) is 0 Å². The zero-order chi connectivity index (χ0) is 17.1. The summed E-state index contributed by atoms with van der Waals surface area (Å²) in [6.45, 7) is 0. The van der Waals surface area contributed by atoms with Gasteiger partial charge in [-0.25, -0.2) is 5.01 Å². The number of ether oxygens (including phenoxy) is 1. The topological polar surface area (TPSA) is 71.3 Å². The molecule has 0 atom stereocenters. The minimum absolute atomic E-state index is 0.204. The molecule has 0 aliphatic carbocycles. The molecule has 124 valence electrons. The predicted molar refractivity (Wildman–Crippen MR) is 93.6 cm³/mol. The quantitative estimate of drug-likeness (QED) is 0.346. The molecule has 0 N–H and O–H groups in total. The molecule has 0 saturated heterocycles. The minimum atomic E-state index is -0.323. The average molecular weight is 335 g/mol. The summed E-state index contributed by atoms with van der Waals surface area (Å²) in [6, 6.07) is 9.66. The van der Waals surface area contributed by atoms with Crippen LogP contribution in [0.15, 0.2) is 40.4 Å².